The number of amides is 1. The minimum Gasteiger partial charge on any atom is -0.444 e. The molecule has 1 N–H and O–H groups in total. The van der Waals surface area contributed by atoms with Gasteiger partial charge in [-0.15, -0.1) is 0 Å². The number of alkyl carbamates (subject to hydrolysis) is 1. The molecule has 7 unspecified atom stereocenters. The number of hydrogen-bond acceptors (Lipinski definition) is 4. The lowest BCUT2D eigenvalue weighted by atomic mass is 9.37. The van der Waals surface area contributed by atoms with Gasteiger partial charge >= 0.3 is 6.09 Å². The van der Waals surface area contributed by atoms with Crippen LogP contribution >= 0.6 is 0 Å². The van der Waals surface area contributed by atoms with Gasteiger partial charge in [-0.25, -0.2) is 4.79 Å². The molecule has 0 aromatic carbocycles. The van der Waals surface area contributed by atoms with E-state index in [1.165, 1.54) is 5.57 Å². The molecule has 5 aliphatic carbocycles. The molecule has 212 valence electrons. The molecule has 0 spiro atoms. The van der Waals surface area contributed by atoms with Crippen LogP contribution in [0.1, 0.15) is 120 Å². The second-order valence-corrected chi connectivity index (χ2v) is 15.9. The van der Waals surface area contributed by atoms with E-state index in [1.54, 1.807) is 0 Å². The van der Waals surface area contributed by atoms with E-state index in [9.17, 15) is 14.4 Å². The van der Waals surface area contributed by atoms with Gasteiger partial charge in [0.25, 0.3) is 0 Å². The zero-order valence-corrected chi connectivity index (χ0v) is 25.4. The van der Waals surface area contributed by atoms with Crippen molar-refractivity contribution < 1.29 is 19.1 Å². The lowest BCUT2D eigenvalue weighted by Gasteiger charge is -2.67. The van der Waals surface area contributed by atoms with Crippen LogP contribution in [0, 0.1) is 45.8 Å². The van der Waals surface area contributed by atoms with Gasteiger partial charge in [-0.1, -0.05) is 41.5 Å². The van der Waals surface area contributed by atoms with Gasteiger partial charge in [-0.2, -0.15) is 0 Å². The molecule has 0 saturated heterocycles. The summed E-state index contributed by atoms with van der Waals surface area (Å²) in [5.41, 5.74) is 1.15. The molecule has 4 saturated carbocycles. The van der Waals surface area contributed by atoms with E-state index in [2.05, 4.69) is 46.9 Å². The van der Waals surface area contributed by atoms with E-state index in [-0.39, 0.29) is 27.9 Å². The first kappa shape index (κ1) is 27.9. The van der Waals surface area contributed by atoms with Crippen molar-refractivity contribution in [1.82, 2.24) is 5.32 Å². The fourth-order valence-electron chi connectivity index (χ4n) is 10.7. The molecular formula is C33H51NO4. The van der Waals surface area contributed by atoms with Crippen molar-refractivity contribution in [2.45, 2.75) is 131 Å². The standard InChI is InChI=1S/C33H51NO4/c1-19(2)26-22(35)18-33(34-28(37)38-29(3,4)5)17-12-21-20(27(26)33)10-11-24-31(21,8)15-13-23-30(6,7)25(36)14-16-32(23,24)9/h19-21,23-24H,10-18H2,1-9H3,(H,34,37). The number of carbonyl (C=O) groups is 3. The average molecular weight is 526 g/mol. The van der Waals surface area contributed by atoms with E-state index in [0.717, 1.165) is 50.5 Å². The summed E-state index contributed by atoms with van der Waals surface area (Å²) < 4.78 is 5.71. The molecule has 0 heterocycles. The zero-order valence-electron chi connectivity index (χ0n) is 25.4. The molecule has 7 atom stereocenters. The second kappa shape index (κ2) is 8.67. The predicted molar refractivity (Wildman–Crippen MR) is 149 cm³/mol. The smallest absolute Gasteiger partial charge is 0.408 e. The molecule has 0 aliphatic heterocycles. The minimum atomic E-state index is -0.607. The highest BCUT2D eigenvalue weighted by Crippen LogP contribution is 2.71. The second-order valence-electron chi connectivity index (χ2n) is 15.9. The first-order valence-electron chi connectivity index (χ1n) is 15.3. The van der Waals surface area contributed by atoms with Crippen LogP contribution in [0.25, 0.3) is 0 Å². The van der Waals surface area contributed by atoms with Gasteiger partial charge in [-0.3, -0.25) is 9.59 Å². The molecule has 0 radical (unpaired) electrons. The van der Waals surface area contributed by atoms with E-state index in [4.69, 9.17) is 4.74 Å². The Kier molecular flexibility index (Phi) is 6.37. The molecule has 5 rings (SSSR count). The first-order chi connectivity index (χ1) is 17.5. The van der Waals surface area contributed by atoms with Gasteiger partial charge in [0, 0.05) is 18.3 Å². The molecule has 5 aliphatic rings. The van der Waals surface area contributed by atoms with E-state index < -0.39 is 17.2 Å². The van der Waals surface area contributed by atoms with Crippen LogP contribution < -0.4 is 5.32 Å². The van der Waals surface area contributed by atoms with E-state index in [1.807, 2.05) is 20.8 Å². The van der Waals surface area contributed by atoms with Gasteiger partial charge in [-0.05, 0) is 117 Å². The number of Topliss-reactive ketones (excluding diaryl/α,β-unsaturated/α-hetero) is 2. The Morgan fingerprint density at radius 3 is 2.24 bits per heavy atom. The number of hydrogen-bond donors (Lipinski definition) is 1. The summed E-state index contributed by atoms with van der Waals surface area (Å²) in [7, 11) is 0. The summed E-state index contributed by atoms with van der Waals surface area (Å²) in [6, 6.07) is 0. The molecule has 38 heavy (non-hydrogen) atoms. The lowest BCUT2D eigenvalue weighted by Crippen LogP contribution is -2.63. The van der Waals surface area contributed by atoms with Gasteiger partial charge in [0.2, 0.25) is 0 Å². The van der Waals surface area contributed by atoms with Crippen molar-refractivity contribution in [2.75, 3.05) is 0 Å². The third kappa shape index (κ3) is 3.95. The van der Waals surface area contributed by atoms with Crippen molar-refractivity contribution >= 4 is 17.7 Å². The molecule has 5 heteroatoms. The highest BCUT2D eigenvalue weighted by atomic mass is 16.6. The van der Waals surface area contributed by atoms with Crippen LogP contribution in [0.2, 0.25) is 0 Å². The Bertz CT molecular complexity index is 1080. The summed E-state index contributed by atoms with van der Waals surface area (Å²) in [5, 5.41) is 3.27. The molecule has 0 aromatic rings. The SMILES string of the molecule is CC(C)C1=C2C3CCC4C(C)(CCC5C(C)(C)C(=O)CCC54C)C3CCC2(NC(=O)OC(C)(C)C)CC1=O. The normalized spacial score (nSPS) is 42.3. The van der Waals surface area contributed by atoms with Crippen molar-refractivity contribution in [3.05, 3.63) is 11.1 Å². The van der Waals surface area contributed by atoms with Crippen LogP contribution in [0.3, 0.4) is 0 Å². The van der Waals surface area contributed by atoms with Crippen LogP contribution in [0.15, 0.2) is 11.1 Å². The Morgan fingerprint density at radius 2 is 1.61 bits per heavy atom. The lowest BCUT2D eigenvalue weighted by molar-refractivity contribution is -0.182. The summed E-state index contributed by atoms with van der Waals surface area (Å²) in [6.07, 6.45) is 7.99. The highest BCUT2D eigenvalue weighted by molar-refractivity contribution is 6.02. The predicted octanol–water partition coefficient (Wildman–Crippen LogP) is 7.42. The largest absolute Gasteiger partial charge is 0.444 e. The molecular weight excluding hydrogens is 474 g/mol. The van der Waals surface area contributed by atoms with Crippen molar-refractivity contribution in [3.8, 4) is 0 Å². The first-order valence-corrected chi connectivity index (χ1v) is 15.3. The number of carbonyl (C=O) groups excluding carboxylic acids is 3. The van der Waals surface area contributed by atoms with Gasteiger partial charge in [0.15, 0.2) is 5.78 Å². The van der Waals surface area contributed by atoms with Crippen LogP contribution in [0.5, 0.6) is 0 Å². The summed E-state index contributed by atoms with van der Waals surface area (Å²) in [5.74, 6) is 2.66. The number of ether oxygens (including phenoxy) is 1. The summed E-state index contributed by atoms with van der Waals surface area (Å²) in [4.78, 5) is 39.6. The van der Waals surface area contributed by atoms with E-state index >= 15 is 0 Å². The van der Waals surface area contributed by atoms with Crippen LogP contribution in [-0.2, 0) is 14.3 Å². The fourth-order valence-corrected chi connectivity index (χ4v) is 10.7. The highest BCUT2D eigenvalue weighted by Gasteiger charge is 2.66. The Balaban J connectivity index is 1.52. The third-order valence-corrected chi connectivity index (χ3v) is 12.1. The monoisotopic (exact) mass is 525 g/mol. The molecule has 4 fully saturated rings. The minimum absolute atomic E-state index is 0.141. The number of ketones is 2. The quantitative estimate of drug-likeness (QED) is 0.407. The maximum atomic E-state index is 13.6. The van der Waals surface area contributed by atoms with Crippen LogP contribution in [-0.4, -0.2) is 28.8 Å². The van der Waals surface area contributed by atoms with Gasteiger partial charge in [0.1, 0.15) is 11.4 Å². The topological polar surface area (TPSA) is 72.5 Å². The maximum Gasteiger partial charge on any atom is 0.408 e. The Hall–Kier alpha value is -1.65. The van der Waals surface area contributed by atoms with Crippen molar-refractivity contribution in [2.24, 2.45) is 45.8 Å². The summed E-state index contributed by atoms with van der Waals surface area (Å²) in [6.45, 7) is 19.4. The molecule has 1 amide bonds. The molecule has 5 nitrogen and oxygen atoms in total. The van der Waals surface area contributed by atoms with Crippen LogP contribution in [0.4, 0.5) is 4.79 Å². The van der Waals surface area contributed by atoms with Gasteiger partial charge < -0.3 is 10.1 Å². The zero-order chi connectivity index (χ0) is 28.1. The Labute approximate surface area is 230 Å². The number of rotatable bonds is 2. The maximum absolute atomic E-state index is 13.6. The number of fused-ring (bicyclic) bond motifs is 7. The Morgan fingerprint density at radius 1 is 0.921 bits per heavy atom. The number of allylic oxidation sites excluding steroid dienone is 1. The number of nitrogens with one attached hydrogen (secondary N) is 1. The summed E-state index contributed by atoms with van der Waals surface area (Å²) >= 11 is 0. The van der Waals surface area contributed by atoms with Gasteiger partial charge in [0.05, 0.1) is 5.54 Å². The van der Waals surface area contributed by atoms with Crippen molar-refractivity contribution in [1.29, 1.82) is 0 Å². The third-order valence-electron chi connectivity index (χ3n) is 12.1. The fraction of sp³-hybridized carbons (Fsp3) is 0.848. The average Bonchev–Trinajstić information content (AvgIpc) is 3.06. The van der Waals surface area contributed by atoms with Crippen molar-refractivity contribution in [3.63, 3.8) is 0 Å². The molecule has 0 bridgehead atoms. The molecule has 0 aromatic heterocycles. The van der Waals surface area contributed by atoms with E-state index in [0.29, 0.717) is 42.3 Å².